The molecule has 0 saturated heterocycles. The van der Waals surface area contributed by atoms with Crippen molar-refractivity contribution in [2.75, 3.05) is 0 Å². The Bertz CT molecular complexity index is 1140. The maximum atomic E-state index is 11.4. The Morgan fingerprint density at radius 1 is 0.733 bits per heavy atom. The fourth-order valence-electron chi connectivity index (χ4n) is 4.41. The van der Waals surface area contributed by atoms with Crippen LogP contribution in [0, 0.1) is 27.7 Å². The summed E-state index contributed by atoms with van der Waals surface area (Å²) in [4.78, 5) is 0. The van der Waals surface area contributed by atoms with E-state index in [9.17, 15) is 13.0 Å². The lowest BCUT2D eigenvalue weighted by molar-refractivity contribution is 0.482. The molecule has 3 nitrogen and oxygen atoms in total. The molecule has 4 heteroatoms. The second-order valence-electron chi connectivity index (χ2n) is 8.20. The molecule has 30 heavy (non-hydrogen) atoms. The molecule has 0 aliphatic carbocycles. The molecule has 0 saturated carbocycles. The van der Waals surface area contributed by atoms with Crippen molar-refractivity contribution >= 4 is 10.1 Å². The predicted molar refractivity (Wildman–Crippen MR) is 125 cm³/mol. The van der Waals surface area contributed by atoms with Gasteiger partial charge in [0.25, 0.3) is 10.1 Å². The summed E-state index contributed by atoms with van der Waals surface area (Å²) in [6, 6.07) is 16.4. The van der Waals surface area contributed by atoms with E-state index in [0.29, 0.717) is 12.0 Å². The highest BCUT2D eigenvalue weighted by molar-refractivity contribution is 7.85. The van der Waals surface area contributed by atoms with Crippen LogP contribution >= 0.6 is 0 Å². The largest absolute Gasteiger partial charge is 0.285 e. The van der Waals surface area contributed by atoms with Crippen molar-refractivity contribution in [2.45, 2.75) is 53.2 Å². The van der Waals surface area contributed by atoms with Gasteiger partial charge in [-0.2, -0.15) is 8.42 Å². The highest BCUT2D eigenvalue weighted by Crippen LogP contribution is 2.30. The summed E-state index contributed by atoms with van der Waals surface area (Å²) >= 11 is 0. The van der Waals surface area contributed by atoms with Crippen molar-refractivity contribution in [3.8, 4) is 11.1 Å². The number of benzene rings is 3. The number of rotatable bonds is 6. The smallest absolute Gasteiger partial charge is 0.269 e. The molecule has 3 aromatic carbocycles. The zero-order valence-corrected chi connectivity index (χ0v) is 19.2. The molecule has 0 aliphatic rings. The van der Waals surface area contributed by atoms with Crippen molar-refractivity contribution in [1.29, 1.82) is 0 Å². The summed E-state index contributed by atoms with van der Waals surface area (Å²) in [5, 5.41) is 0. The van der Waals surface area contributed by atoms with Crippen molar-refractivity contribution in [1.82, 2.24) is 0 Å². The van der Waals surface area contributed by atoms with E-state index < -0.39 is 10.1 Å². The Hall–Kier alpha value is -2.43. The van der Waals surface area contributed by atoms with Crippen LogP contribution in [-0.4, -0.2) is 13.0 Å². The second kappa shape index (κ2) is 8.75. The molecule has 0 aliphatic heterocycles. The molecule has 3 aromatic rings. The highest BCUT2D eigenvalue weighted by Gasteiger charge is 2.14. The first kappa shape index (κ1) is 22.3. The van der Waals surface area contributed by atoms with E-state index in [2.05, 4.69) is 58.9 Å². The molecule has 0 spiro atoms. The maximum Gasteiger partial charge on any atom is 0.269 e. The van der Waals surface area contributed by atoms with Gasteiger partial charge in [0.1, 0.15) is 5.75 Å². The fraction of sp³-hybridized carbons (Fsp3) is 0.308. The van der Waals surface area contributed by atoms with Crippen LogP contribution in [0.1, 0.15) is 51.4 Å². The first-order valence-electron chi connectivity index (χ1n) is 10.3. The van der Waals surface area contributed by atoms with Crippen LogP contribution < -0.4 is 0 Å². The molecule has 0 bridgehead atoms. The summed E-state index contributed by atoms with van der Waals surface area (Å²) < 4.78 is 32.1. The fourth-order valence-corrected chi connectivity index (χ4v) is 5.09. The average Bonchev–Trinajstić information content (AvgIpc) is 2.64. The van der Waals surface area contributed by atoms with E-state index in [1.807, 2.05) is 12.1 Å². The molecule has 0 radical (unpaired) electrons. The van der Waals surface area contributed by atoms with Gasteiger partial charge in [-0.1, -0.05) is 55.5 Å². The lowest BCUT2D eigenvalue weighted by Crippen LogP contribution is -2.06. The Kier molecular flexibility index (Phi) is 6.49. The van der Waals surface area contributed by atoms with Gasteiger partial charge in [-0.05, 0) is 96.2 Å². The SMILES string of the molecule is CCc1c(C)cc(-c2cc(C)c(Cc3ccccc3CS(=O)(=O)O)c(C)c2)cc1C. The quantitative estimate of drug-likeness (QED) is 0.486. The third-order valence-corrected chi connectivity index (χ3v) is 6.58. The molecule has 3 rings (SSSR count). The first-order valence-corrected chi connectivity index (χ1v) is 11.9. The third-order valence-electron chi connectivity index (χ3n) is 5.90. The van der Waals surface area contributed by atoms with E-state index in [0.717, 1.165) is 12.0 Å². The van der Waals surface area contributed by atoms with Gasteiger partial charge in [-0.3, -0.25) is 4.55 Å². The van der Waals surface area contributed by atoms with Gasteiger partial charge >= 0.3 is 0 Å². The van der Waals surface area contributed by atoms with Gasteiger partial charge in [0.2, 0.25) is 0 Å². The van der Waals surface area contributed by atoms with Gasteiger partial charge in [-0.15, -0.1) is 0 Å². The minimum absolute atomic E-state index is 0.359. The lowest BCUT2D eigenvalue weighted by Gasteiger charge is -2.17. The summed E-state index contributed by atoms with van der Waals surface area (Å²) in [5.74, 6) is -0.359. The molecule has 0 aromatic heterocycles. The summed E-state index contributed by atoms with van der Waals surface area (Å²) in [7, 11) is -4.07. The molecule has 1 N–H and O–H groups in total. The van der Waals surface area contributed by atoms with Crippen LogP contribution in [0.2, 0.25) is 0 Å². The zero-order valence-electron chi connectivity index (χ0n) is 18.4. The topological polar surface area (TPSA) is 54.4 Å². The Morgan fingerprint density at radius 2 is 1.17 bits per heavy atom. The summed E-state index contributed by atoms with van der Waals surface area (Å²) in [6.07, 6.45) is 1.67. The van der Waals surface area contributed by atoms with Crippen molar-refractivity contribution in [2.24, 2.45) is 0 Å². The predicted octanol–water partition coefficient (Wildman–Crippen LogP) is 6.13. The molecular formula is C26H30O3S. The van der Waals surface area contributed by atoms with E-state index in [-0.39, 0.29) is 5.75 Å². The minimum atomic E-state index is -4.07. The average molecular weight is 423 g/mol. The van der Waals surface area contributed by atoms with E-state index in [1.165, 1.54) is 44.5 Å². The number of hydrogen-bond donors (Lipinski definition) is 1. The molecule has 0 heterocycles. The van der Waals surface area contributed by atoms with Crippen LogP contribution in [0.25, 0.3) is 11.1 Å². The maximum absolute atomic E-state index is 11.4. The number of aryl methyl sites for hydroxylation is 4. The molecule has 158 valence electrons. The summed E-state index contributed by atoms with van der Waals surface area (Å²) in [6.45, 7) is 10.8. The van der Waals surface area contributed by atoms with Crippen molar-refractivity contribution in [3.63, 3.8) is 0 Å². The normalized spacial score (nSPS) is 11.7. The molecule has 0 fully saturated rings. The van der Waals surface area contributed by atoms with E-state index >= 15 is 0 Å². The van der Waals surface area contributed by atoms with Crippen molar-refractivity contribution in [3.05, 3.63) is 93.0 Å². The van der Waals surface area contributed by atoms with Crippen LogP contribution in [0.3, 0.4) is 0 Å². The minimum Gasteiger partial charge on any atom is -0.285 e. The molecule has 0 unspecified atom stereocenters. The van der Waals surface area contributed by atoms with Crippen molar-refractivity contribution < 1.29 is 13.0 Å². The molecule has 0 atom stereocenters. The second-order valence-corrected chi connectivity index (χ2v) is 9.65. The van der Waals surface area contributed by atoms with Gasteiger partial charge in [-0.25, -0.2) is 0 Å². The highest BCUT2D eigenvalue weighted by atomic mass is 32.2. The van der Waals surface area contributed by atoms with Gasteiger partial charge in [0.05, 0.1) is 0 Å². The van der Waals surface area contributed by atoms with Gasteiger partial charge in [0.15, 0.2) is 0 Å². The monoisotopic (exact) mass is 422 g/mol. The lowest BCUT2D eigenvalue weighted by atomic mass is 9.89. The van der Waals surface area contributed by atoms with E-state index in [4.69, 9.17) is 0 Å². The summed E-state index contributed by atoms with van der Waals surface area (Å²) in [5.41, 5.74) is 11.6. The van der Waals surface area contributed by atoms with Crippen LogP contribution in [0.5, 0.6) is 0 Å². The third kappa shape index (κ3) is 5.00. The first-order chi connectivity index (χ1) is 14.1. The van der Waals surface area contributed by atoms with Crippen LogP contribution in [0.4, 0.5) is 0 Å². The molecular weight excluding hydrogens is 392 g/mol. The van der Waals surface area contributed by atoms with E-state index in [1.54, 1.807) is 12.1 Å². The van der Waals surface area contributed by atoms with Gasteiger partial charge < -0.3 is 0 Å². The van der Waals surface area contributed by atoms with Crippen LogP contribution in [-0.2, 0) is 28.7 Å². The Morgan fingerprint density at radius 3 is 1.60 bits per heavy atom. The standard InChI is InChI=1S/C26H30O3S/c1-6-25-17(2)11-23(12-18(25)3)24-13-19(4)26(20(5)14-24)15-21-9-7-8-10-22(21)16-30(27,28)29/h7-14H,6,15-16H2,1-5H3,(H,27,28,29). The van der Waals surface area contributed by atoms with Crippen LogP contribution in [0.15, 0.2) is 48.5 Å². The van der Waals surface area contributed by atoms with Gasteiger partial charge in [0, 0.05) is 0 Å². The Labute approximate surface area is 180 Å². The Balaban J connectivity index is 2.00. The number of hydrogen-bond acceptors (Lipinski definition) is 2. The zero-order chi connectivity index (χ0) is 22.1. The molecule has 0 amide bonds.